The van der Waals surface area contributed by atoms with E-state index in [9.17, 15) is 5.11 Å². The van der Waals surface area contributed by atoms with E-state index < -0.39 is 0 Å². The van der Waals surface area contributed by atoms with Crippen molar-refractivity contribution in [2.75, 3.05) is 0 Å². The highest BCUT2D eigenvalue weighted by Gasteiger charge is 2.14. The number of nitrogens with zero attached hydrogens (tertiary/aromatic N) is 2. The summed E-state index contributed by atoms with van der Waals surface area (Å²) in [5.74, 6) is 0. The van der Waals surface area contributed by atoms with Crippen molar-refractivity contribution in [2.24, 2.45) is 0 Å². The lowest BCUT2D eigenvalue weighted by molar-refractivity contribution is 0.276. The maximum Gasteiger partial charge on any atom is 0.140 e. The van der Waals surface area contributed by atoms with Crippen LogP contribution in [0, 0.1) is 6.92 Å². The molecule has 96 valence electrons. The topological polar surface area (TPSA) is 37.5 Å². The Balaban J connectivity index is 2.29. The Bertz CT molecular complexity index is 732. The Labute approximate surface area is 116 Å². The lowest BCUT2D eigenvalue weighted by Gasteiger charge is -2.02. The van der Waals surface area contributed by atoms with Crippen LogP contribution in [-0.4, -0.2) is 14.5 Å². The predicted octanol–water partition coefficient (Wildman–Crippen LogP) is 3.46. The molecule has 0 spiro atoms. The van der Waals surface area contributed by atoms with Crippen molar-refractivity contribution in [3.63, 3.8) is 0 Å². The molecular formula is C15H13ClN2O. The third kappa shape index (κ3) is 2.01. The molecule has 3 aromatic rings. The monoisotopic (exact) mass is 272 g/mol. The molecule has 3 nitrogen and oxygen atoms in total. The third-order valence-corrected chi connectivity index (χ3v) is 3.46. The Morgan fingerprint density at radius 1 is 1.21 bits per heavy atom. The van der Waals surface area contributed by atoms with E-state index in [2.05, 4.69) is 4.98 Å². The predicted molar refractivity (Wildman–Crippen MR) is 76.3 cm³/mol. The van der Waals surface area contributed by atoms with E-state index in [1.165, 1.54) is 0 Å². The molecule has 1 aromatic carbocycles. The number of aliphatic hydroxyl groups is 1. The van der Waals surface area contributed by atoms with Crippen LogP contribution in [0.1, 0.15) is 11.3 Å². The van der Waals surface area contributed by atoms with Gasteiger partial charge in [0, 0.05) is 16.8 Å². The second kappa shape index (κ2) is 4.68. The van der Waals surface area contributed by atoms with Crippen LogP contribution in [-0.2, 0) is 6.61 Å². The van der Waals surface area contributed by atoms with Gasteiger partial charge in [-0.1, -0.05) is 29.8 Å². The van der Waals surface area contributed by atoms with Gasteiger partial charge in [-0.25, -0.2) is 4.98 Å². The number of halogens is 1. The minimum Gasteiger partial charge on any atom is -0.390 e. The molecule has 0 aliphatic heterocycles. The first-order valence-electron chi connectivity index (χ1n) is 6.04. The molecule has 0 atom stereocenters. The van der Waals surface area contributed by atoms with E-state index in [1.54, 1.807) is 0 Å². The Hall–Kier alpha value is -1.84. The highest BCUT2D eigenvalue weighted by atomic mass is 35.5. The number of pyridine rings is 1. The zero-order valence-electron chi connectivity index (χ0n) is 10.5. The summed E-state index contributed by atoms with van der Waals surface area (Å²) in [5, 5.41) is 10.3. The van der Waals surface area contributed by atoms with Crippen molar-refractivity contribution in [3.8, 4) is 11.3 Å². The van der Waals surface area contributed by atoms with Crippen molar-refractivity contribution in [2.45, 2.75) is 13.5 Å². The van der Waals surface area contributed by atoms with E-state index in [0.29, 0.717) is 5.02 Å². The minimum absolute atomic E-state index is 0.0530. The Morgan fingerprint density at radius 3 is 2.63 bits per heavy atom. The average molecular weight is 273 g/mol. The zero-order valence-corrected chi connectivity index (χ0v) is 11.2. The fraction of sp³-hybridized carbons (Fsp3) is 0.133. The largest absolute Gasteiger partial charge is 0.390 e. The van der Waals surface area contributed by atoms with E-state index in [1.807, 2.05) is 53.9 Å². The second-order valence-electron chi connectivity index (χ2n) is 4.46. The third-order valence-electron chi connectivity index (χ3n) is 3.21. The molecule has 2 heterocycles. The van der Waals surface area contributed by atoms with Gasteiger partial charge < -0.3 is 9.51 Å². The summed E-state index contributed by atoms with van der Waals surface area (Å²) >= 11 is 5.90. The summed E-state index contributed by atoms with van der Waals surface area (Å²) in [6, 6.07) is 11.4. The average Bonchev–Trinajstić information content (AvgIpc) is 2.79. The molecule has 2 aromatic heterocycles. The second-order valence-corrected chi connectivity index (χ2v) is 4.89. The number of aliphatic hydroxyl groups excluding tert-OH is 1. The molecule has 3 rings (SSSR count). The van der Waals surface area contributed by atoms with Gasteiger partial charge in [0.1, 0.15) is 5.65 Å². The molecular weight excluding hydrogens is 260 g/mol. The fourth-order valence-corrected chi connectivity index (χ4v) is 2.37. The highest BCUT2D eigenvalue weighted by molar-refractivity contribution is 6.30. The lowest BCUT2D eigenvalue weighted by Crippen LogP contribution is -1.94. The van der Waals surface area contributed by atoms with Crippen molar-refractivity contribution in [3.05, 3.63) is 58.9 Å². The molecule has 0 bridgehead atoms. The number of fused-ring (bicyclic) bond motifs is 1. The summed E-state index contributed by atoms with van der Waals surface area (Å²) in [4.78, 5) is 4.64. The van der Waals surface area contributed by atoms with Gasteiger partial charge in [0.25, 0.3) is 0 Å². The van der Waals surface area contributed by atoms with Gasteiger partial charge in [-0.2, -0.15) is 0 Å². The van der Waals surface area contributed by atoms with E-state index in [-0.39, 0.29) is 6.61 Å². The molecule has 1 N–H and O–H groups in total. The van der Waals surface area contributed by atoms with Crippen LogP contribution >= 0.6 is 11.6 Å². The van der Waals surface area contributed by atoms with Crippen LogP contribution in [0.2, 0.25) is 5.02 Å². The van der Waals surface area contributed by atoms with Crippen LogP contribution in [0.25, 0.3) is 16.9 Å². The first-order valence-corrected chi connectivity index (χ1v) is 6.42. The number of aromatic nitrogens is 2. The van der Waals surface area contributed by atoms with Crippen LogP contribution < -0.4 is 0 Å². The summed E-state index contributed by atoms with van der Waals surface area (Å²) in [5.41, 5.74) is 4.50. The number of hydrogen-bond donors (Lipinski definition) is 1. The van der Waals surface area contributed by atoms with Crippen LogP contribution in [0.15, 0.2) is 42.6 Å². The van der Waals surface area contributed by atoms with E-state index >= 15 is 0 Å². The zero-order chi connectivity index (χ0) is 13.4. The summed E-state index contributed by atoms with van der Waals surface area (Å²) in [6.45, 7) is 1.96. The number of rotatable bonds is 2. The molecule has 0 aliphatic rings. The van der Waals surface area contributed by atoms with Gasteiger partial charge in [0.05, 0.1) is 18.0 Å². The van der Waals surface area contributed by atoms with Crippen LogP contribution in [0.4, 0.5) is 0 Å². The first-order chi connectivity index (χ1) is 9.20. The van der Waals surface area contributed by atoms with Gasteiger partial charge in [0.15, 0.2) is 0 Å². The van der Waals surface area contributed by atoms with Crippen molar-refractivity contribution in [1.82, 2.24) is 9.38 Å². The molecule has 19 heavy (non-hydrogen) atoms. The molecule has 0 amide bonds. The van der Waals surface area contributed by atoms with E-state index in [4.69, 9.17) is 11.6 Å². The molecule has 0 saturated carbocycles. The first kappa shape index (κ1) is 12.2. The van der Waals surface area contributed by atoms with Crippen LogP contribution in [0.3, 0.4) is 0 Å². The number of imidazole rings is 1. The van der Waals surface area contributed by atoms with E-state index in [0.717, 1.165) is 28.2 Å². The summed E-state index contributed by atoms with van der Waals surface area (Å²) in [7, 11) is 0. The molecule has 0 unspecified atom stereocenters. The number of benzene rings is 1. The smallest absolute Gasteiger partial charge is 0.140 e. The maximum atomic E-state index is 9.63. The van der Waals surface area contributed by atoms with Gasteiger partial charge >= 0.3 is 0 Å². The Morgan fingerprint density at radius 2 is 1.95 bits per heavy atom. The summed E-state index contributed by atoms with van der Waals surface area (Å²) < 4.78 is 1.93. The number of aryl methyl sites for hydroxylation is 1. The maximum absolute atomic E-state index is 9.63. The number of hydrogen-bond acceptors (Lipinski definition) is 2. The van der Waals surface area contributed by atoms with Gasteiger partial charge in [-0.15, -0.1) is 0 Å². The van der Waals surface area contributed by atoms with Crippen molar-refractivity contribution in [1.29, 1.82) is 0 Å². The standard InChI is InChI=1S/C15H13ClN2O/c1-10-3-2-8-18-13(9-19)14(17-15(10)18)11-4-6-12(16)7-5-11/h2-8,19H,9H2,1H3. The van der Waals surface area contributed by atoms with Gasteiger partial charge in [-0.05, 0) is 30.7 Å². The van der Waals surface area contributed by atoms with Crippen molar-refractivity contribution < 1.29 is 5.11 Å². The molecule has 0 saturated heterocycles. The normalized spacial score (nSPS) is 11.1. The quantitative estimate of drug-likeness (QED) is 0.776. The lowest BCUT2D eigenvalue weighted by atomic mass is 10.1. The SMILES string of the molecule is Cc1cccn2c(CO)c(-c3ccc(Cl)cc3)nc12. The molecule has 0 radical (unpaired) electrons. The Kier molecular flexibility index (Phi) is 3.01. The van der Waals surface area contributed by atoms with Gasteiger partial charge in [0.2, 0.25) is 0 Å². The van der Waals surface area contributed by atoms with Crippen molar-refractivity contribution >= 4 is 17.2 Å². The summed E-state index contributed by atoms with van der Waals surface area (Å²) in [6.07, 6.45) is 1.92. The highest BCUT2D eigenvalue weighted by Crippen LogP contribution is 2.26. The van der Waals surface area contributed by atoms with Gasteiger partial charge in [-0.3, -0.25) is 0 Å². The molecule has 4 heteroatoms. The fourth-order valence-electron chi connectivity index (χ4n) is 2.24. The molecule has 0 fully saturated rings. The van der Waals surface area contributed by atoms with Crippen LogP contribution in [0.5, 0.6) is 0 Å². The molecule has 0 aliphatic carbocycles. The minimum atomic E-state index is -0.0530.